The van der Waals surface area contributed by atoms with Crippen LogP contribution in [0.2, 0.25) is 0 Å². The molecular weight excluding hydrogens is 989 g/mol. The summed E-state index contributed by atoms with van der Waals surface area (Å²) < 4.78 is 2.23. The Morgan fingerprint density at radius 2 is 0.629 bits per heavy atom. The standard InChI is InChI=1S/C64H80Br2N2O2/c1-5-9-13-17-21-25-37-63(38-26-22-18-14-10-6-2)53-41-45(29-33-49(53)51-35-31-47(65)43-55(51)63)59-57-58(62(70)67-59)60(68-61(57)69)46-30-34-50-52-36-32-48(66)44-56(52)64(54(50)42-46,39-27-23-19-15-11-7-3)40-28-24-20-16-12-8-4/h29-36,41-44H,5-28,37-40H2,1-4H3. The van der Waals surface area contributed by atoms with Gasteiger partial charge in [0.25, 0.3) is 11.1 Å². The molecule has 2 aliphatic heterocycles. The Balaban J connectivity index is 1.19. The fourth-order valence-electron chi connectivity index (χ4n) is 12.9. The van der Waals surface area contributed by atoms with Crippen molar-refractivity contribution in [3.63, 3.8) is 0 Å². The highest BCUT2D eigenvalue weighted by molar-refractivity contribution is 9.10. The SMILES string of the molecule is CCCCCCCCC1(CCCCCCCC)c2cc(Br)ccc2-c2ccc(-c3nc(=O)c4c(-c5ccc6c(c5)C(CCCCCCCC)(CCCCCCCC)c5cc(Br)ccc5-6)nc(=O)c3=4)cc21. The van der Waals surface area contributed by atoms with E-state index < -0.39 is 0 Å². The molecule has 0 unspecified atom stereocenters. The van der Waals surface area contributed by atoms with Crippen molar-refractivity contribution in [3.8, 4) is 44.8 Å². The zero-order valence-electron chi connectivity index (χ0n) is 43.2. The highest BCUT2D eigenvalue weighted by atomic mass is 79.9. The van der Waals surface area contributed by atoms with Gasteiger partial charge in [-0.1, -0.05) is 250 Å². The van der Waals surface area contributed by atoms with Crippen LogP contribution in [0.1, 0.15) is 230 Å². The molecule has 0 spiro atoms. The minimum absolute atomic E-state index is 0.156. The van der Waals surface area contributed by atoms with Crippen LogP contribution < -0.4 is 11.1 Å². The molecule has 2 heterocycles. The molecule has 4 nitrogen and oxygen atoms in total. The lowest BCUT2D eigenvalue weighted by Crippen LogP contribution is -2.25. The van der Waals surface area contributed by atoms with Crippen LogP contribution in [0.5, 0.6) is 0 Å². The Labute approximate surface area is 437 Å². The van der Waals surface area contributed by atoms with E-state index in [4.69, 9.17) is 9.97 Å². The third-order valence-electron chi connectivity index (χ3n) is 16.6. The molecule has 0 N–H and O–H groups in total. The van der Waals surface area contributed by atoms with Gasteiger partial charge in [0.1, 0.15) is 0 Å². The van der Waals surface area contributed by atoms with E-state index in [9.17, 15) is 9.59 Å². The van der Waals surface area contributed by atoms with Crippen molar-refractivity contribution < 1.29 is 0 Å². The van der Waals surface area contributed by atoms with Gasteiger partial charge in [0, 0.05) is 30.9 Å². The van der Waals surface area contributed by atoms with Gasteiger partial charge in [-0.3, -0.25) is 9.59 Å². The van der Waals surface area contributed by atoms with Crippen molar-refractivity contribution in [2.45, 2.75) is 218 Å². The molecule has 0 radical (unpaired) electrons. The lowest BCUT2D eigenvalue weighted by molar-refractivity contribution is 0.398. The number of aromatic nitrogens is 2. The van der Waals surface area contributed by atoms with E-state index in [2.05, 4.69) is 132 Å². The van der Waals surface area contributed by atoms with E-state index >= 15 is 0 Å². The summed E-state index contributed by atoms with van der Waals surface area (Å²) in [6, 6.07) is 27.0. The number of hydrogen-bond acceptors (Lipinski definition) is 4. The Hall–Kier alpha value is -3.74. The molecule has 2 aliphatic carbocycles. The Morgan fingerprint density at radius 3 is 0.943 bits per heavy atom. The largest absolute Gasteiger partial charge is 0.280 e. The zero-order valence-corrected chi connectivity index (χ0v) is 46.4. The molecule has 4 aromatic rings. The second-order valence-corrected chi connectivity index (χ2v) is 23.2. The number of unbranched alkanes of at least 4 members (excludes halogenated alkanes) is 20. The first-order valence-corrected chi connectivity index (χ1v) is 29.7. The molecule has 0 amide bonds. The average molecular weight is 1070 g/mol. The molecule has 6 heteroatoms. The molecular formula is C64H80Br2N2O2. The van der Waals surface area contributed by atoms with E-state index in [1.807, 2.05) is 0 Å². The van der Waals surface area contributed by atoms with E-state index in [0.717, 1.165) is 45.8 Å². The lowest BCUT2D eigenvalue weighted by atomic mass is 9.70. The number of nitrogens with zero attached hydrogens (tertiary/aromatic N) is 2. The highest BCUT2D eigenvalue weighted by Crippen LogP contribution is 2.57. The van der Waals surface area contributed by atoms with Crippen LogP contribution in [0.25, 0.3) is 44.8 Å². The summed E-state index contributed by atoms with van der Waals surface area (Å²) in [4.78, 5) is 38.4. The molecule has 4 aliphatic rings. The van der Waals surface area contributed by atoms with Gasteiger partial charge >= 0.3 is 0 Å². The van der Waals surface area contributed by atoms with Gasteiger partial charge in [-0.15, -0.1) is 0 Å². The number of rotatable bonds is 30. The van der Waals surface area contributed by atoms with Gasteiger partial charge in [0.2, 0.25) is 0 Å². The third kappa shape index (κ3) is 11.1. The number of halogens is 2. The number of fused-ring (bicyclic) bond motifs is 6. The first-order valence-electron chi connectivity index (χ1n) is 28.1. The Kier molecular flexibility index (Phi) is 18.6. The van der Waals surface area contributed by atoms with Crippen molar-refractivity contribution in [2.24, 2.45) is 0 Å². The summed E-state index contributed by atoms with van der Waals surface area (Å²) in [6.07, 6.45) is 34.4. The maximum Gasteiger partial charge on any atom is 0.280 e. The summed E-state index contributed by atoms with van der Waals surface area (Å²) in [7, 11) is 0. The van der Waals surface area contributed by atoms with Gasteiger partial charge in [0.05, 0.1) is 21.8 Å². The molecule has 0 atom stereocenters. The quantitative estimate of drug-likeness (QED) is 0.0422. The van der Waals surface area contributed by atoms with Gasteiger partial charge in [0.15, 0.2) is 0 Å². The van der Waals surface area contributed by atoms with E-state index in [-0.39, 0.29) is 21.9 Å². The summed E-state index contributed by atoms with van der Waals surface area (Å²) in [6.45, 7) is 9.15. The first kappa shape index (κ1) is 52.6. The summed E-state index contributed by atoms with van der Waals surface area (Å²) in [5.74, 6) is 0. The second-order valence-electron chi connectivity index (χ2n) is 21.4. The minimum atomic E-state index is -0.356. The molecule has 0 saturated heterocycles. The van der Waals surface area contributed by atoms with Crippen LogP contribution in [-0.2, 0) is 10.8 Å². The van der Waals surface area contributed by atoms with Crippen LogP contribution in [0.3, 0.4) is 0 Å². The van der Waals surface area contributed by atoms with Crippen LogP contribution in [0, 0.1) is 10.4 Å². The lowest BCUT2D eigenvalue weighted by Gasteiger charge is -2.33. The molecule has 0 saturated carbocycles. The van der Waals surface area contributed by atoms with Crippen molar-refractivity contribution in [3.05, 3.63) is 135 Å². The summed E-state index contributed by atoms with van der Waals surface area (Å²) in [5.41, 5.74) is 12.3. The summed E-state index contributed by atoms with van der Waals surface area (Å²) in [5, 5.41) is 0.739. The van der Waals surface area contributed by atoms with Crippen molar-refractivity contribution in [2.75, 3.05) is 0 Å². The minimum Gasteiger partial charge on any atom is -0.267 e. The van der Waals surface area contributed by atoms with Crippen molar-refractivity contribution in [1.82, 2.24) is 9.97 Å². The first-order chi connectivity index (χ1) is 34.2. The van der Waals surface area contributed by atoms with Crippen LogP contribution in [0.4, 0.5) is 0 Å². The predicted octanol–water partition coefficient (Wildman–Crippen LogP) is 19.2. The average Bonchev–Trinajstić information content (AvgIpc) is 4.06. The molecule has 70 heavy (non-hydrogen) atoms. The zero-order chi connectivity index (χ0) is 49.1. The van der Waals surface area contributed by atoms with Crippen molar-refractivity contribution in [1.29, 1.82) is 0 Å². The summed E-state index contributed by atoms with van der Waals surface area (Å²) >= 11 is 7.76. The molecule has 8 rings (SSSR count). The van der Waals surface area contributed by atoms with Gasteiger partial charge in [-0.2, -0.15) is 0 Å². The topological polar surface area (TPSA) is 59.9 Å². The third-order valence-corrected chi connectivity index (χ3v) is 17.6. The van der Waals surface area contributed by atoms with E-state index in [1.165, 1.54) is 199 Å². The van der Waals surface area contributed by atoms with Crippen LogP contribution >= 0.6 is 31.9 Å². The van der Waals surface area contributed by atoms with E-state index in [0.29, 0.717) is 21.8 Å². The van der Waals surface area contributed by atoms with Gasteiger partial charge < -0.3 is 0 Å². The number of benzene rings is 4. The normalized spacial score (nSPS) is 14.1. The molecule has 0 fully saturated rings. The number of hydrogen-bond donors (Lipinski definition) is 0. The van der Waals surface area contributed by atoms with Crippen LogP contribution in [-0.4, -0.2) is 9.97 Å². The van der Waals surface area contributed by atoms with Crippen LogP contribution in [0.15, 0.2) is 91.3 Å². The Morgan fingerprint density at radius 1 is 0.357 bits per heavy atom. The molecule has 0 bridgehead atoms. The predicted molar refractivity (Wildman–Crippen MR) is 303 cm³/mol. The fourth-order valence-corrected chi connectivity index (χ4v) is 13.6. The van der Waals surface area contributed by atoms with E-state index in [1.54, 1.807) is 0 Å². The maximum absolute atomic E-state index is 14.4. The second kappa shape index (κ2) is 24.8. The van der Waals surface area contributed by atoms with Gasteiger partial charge in [-0.05, 0) is 107 Å². The molecule has 0 aromatic heterocycles. The maximum atomic E-state index is 14.4. The smallest absolute Gasteiger partial charge is 0.267 e. The highest BCUT2D eigenvalue weighted by Gasteiger charge is 2.44. The van der Waals surface area contributed by atoms with Gasteiger partial charge in [-0.25, -0.2) is 9.97 Å². The fraction of sp³-hybridized carbons (Fsp3) is 0.531. The molecule has 372 valence electrons. The molecule has 4 aromatic carbocycles. The van der Waals surface area contributed by atoms with Crippen molar-refractivity contribution >= 4 is 31.9 Å². The Bertz CT molecular complexity index is 2610. The monoisotopic (exact) mass is 1070 g/mol.